The fourth-order valence-corrected chi connectivity index (χ4v) is 3.05. The van der Waals surface area contributed by atoms with Crippen LogP contribution in [0.5, 0.6) is 0 Å². The molecule has 1 aromatic carbocycles. The van der Waals surface area contributed by atoms with Gasteiger partial charge in [-0.05, 0) is 30.9 Å². The Hall–Kier alpha value is -2.29. The van der Waals surface area contributed by atoms with Crippen LogP contribution in [0.4, 0.5) is 8.78 Å². The van der Waals surface area contributed by atoms with Crippen LogP contribution < -0.4 is 5.32 Å². The SMILES string of the molecule is N#CC(NC(=O)CCC(=O)c1ccc(F)cc1F)C1CCCCC1. The molecule has 24 heavy (non-hydrogen) atoms. The Balaban J connectivity index is 1.85. The number of rotatable bonds is 6. The van der Waals surface area contributed by atoms with Crippen LogP contribution in [-0.2, 0) is 4.79 Å². The Morgan fingerprint density at radius 3 is 2.54 bits per heavy atom. The minimum atomic E-state index is -0.933. The predicted molar refractivity (Wildman–Crippen MR) is 84.0 cm³/mol. The summed E-state index contributed by atoms with van der Waals surface area (Å²) in [6.45, 7) is 0. The number of hydrogen-bond donors (Lipinski definition) is 1. The average Bonchev–Trinajstić information content (AvgIpc) is 2.58. The van der Waals surface area contributed by atoms with Gasteiger partial charge in [-0.3, -0.25) is 9.59 Å². The number of benzene rings is 1. The highest BCUT2D eigenvalue weighted by Gasteiger charge is 2.25. The van der Waals surface area contributed by atoms with Gasteiger partial charge in [-0.1, -0.05) is 19.3 Å². The summed E-state index contributed by atoms with van der Waals surface area (Å²) in [7, 11) is 0. The fraction of sp³-hybridized carbons (Fsp3) is 0.500. The maximum Gasteiger partial charge on any atom is 0.221 e. The predicted octanol–water partition coefficient (Wildman–Crippen LogP) is 3.52. The van der Waals surface area contributed by atoms with Crippen molar-refractivity contribution in [2.45, 2.75) is 51.0 Å². The molecule has 0 heterocycles. The van der Waals surface area contributed by atoms with Gasteiger partial charge in [0.2, 0.25) is 5.91 Å². The summed E-state index contributed by atoms with van der Waals surface area (Å²) in [5, 5.41) is 11.9. The van der Waals surface area contributed by atoms with Crippen LogP contribution in [0.2, 0.25) is 0 Å². The van der Waals surface area contributed by atoms with Crippen LogP contribution in [0.1, 0.15) is 55.3 Å². The molecule has 1 saturated carbocycles. The molecule has 0 bridgehead atoms. The highest BCUT2D eigenvalue weighted by molar-refractivity contribution is 5.98. The van der Waals surface area contributed by atoms with Crippen molar-refractivity contribution in [3.63, 3.8) is 0 Å². The summed E-state index contributed by atoms with van der Waals surface area (Å²) in [6, 6.07) is 4.29. The average molecular weight is 334 g/mol. The van der Waals surface area contributed by atoms with E-state index in [1.54, 1.807) is 0 Å². The zero-order chi connectivity index (χ0) is 17.5. The van der Waals surface area contributed by atoms with E-state index in [1.165, 1.54) is 0 Å². The van der Waals surface area contributed by atoms with E-state index in [2.05, 4.69) is 11.4 Å². The molecule has 4 nitrogen and oxygen atoms in total. The fourth-order valence-electron chi connectivity index (χ4n) is 3.05. The maximum atomic E-state index is 13.5. The number of ketones is 1. The normalized spacial score (nSPS) is 16.2. The van der Waals surface area contributed by atoms with Crippen molar-refractivity contribution in [3.05, 3.63) is 35.4 Å². The van der Waals surface area contributed by atoms with Gasteiger partial charge in [0.25, 0.3) is 0 Å². The van der Waals surface area contributed by atoms with Crippen molar-refractivity contribution in [1.29, 1.82) is 5.26 Å². The molecule has 2 rings (SSSR count). The summed E-state index contributed by atoms with van der Waals surface area (Å²) >= 11 is 0. The van der Waals surface area contributed by atoms with Crippen LogP contribution in [-0.4, -0.2) is 17.7 Å². The van der Waals surface area contributed by atoms with Gasteiger partial charge in [-0.15, -0.1) is 0 Å². The molecule has 0 spiro atoms. The number of carbonyl (C=O) groups is 2. The highest BCUT2D eigenvalue weighted by Crippen LogP contribution is 2.26. The summed E-state index contributed by atoms with van der Waals surface area (Å²) in [6.07, 6.45) is 4.79. The van der Waals surface area contributed by atoms with Crippen molar-refractivity contribution in [2.24, 2.45) is 5.92 Å². The van der Waals surface area contributed by atoms with Crippen molar-refractivity contribution in [3.8, 4) is 6.07 Å². The molecule has 6 heteroatoms. The van der Waals surface area contributed by atoms with Gasteiger partial charge in [0.05, 0.1) is 11.6 Å². The van der Waals surface area contributed by atoms with Crippen LogP contribution in [0.25, 0.3) is 0 Å². The van der Waals surface area contributed by atoms with Gasteiger partial charge >= 0.3 is 0 Å². The monoisotopic (exact) mass is 334 g/mol. The number of carbonyl (C=O) groups excluding carboxylic acids is 2. The van der Waals surface area contributed by atoms with Gasteiger partial charge in [-0.25, -0.2) is 8.78 Å². The molecule has 128 valence electrons. The van der Waals surface area contributed by atoms with E-state index >= 15 is 0 Å². The molecule has 0 saturated heterocycles. The molecule has 1 N–H and O–H groups in total. The second kappa shape index (κ2) is 8.53. The molecule has 1 aromatic rings. The van der Waals surface area contributed by atoms with Crippen LogP contribution >= 0.6 is 0 Å². The lowest BCUT2D eigenvalue weighted by molar-refractivity contribution is -0.121. The van der Waals surface area contributed by atoms with Crippen molar-refractivity contribution in [1.82, 2.24) is 5.32 Å². The first-order valence-corrected chi connectivity index (χ1v) is 8.18. The van der Waals surface area contributed by atoms with E-state index in [9.17, 15) is 23.6 Å². The molecular weight excluding hydrogens is 314 g/mol. The minimum Gasteiger partial charge on any atom is -0.340 e. The number of nitriles is 1. The van der Waals surface area contributed by atoms with Crippen LogP contribution in [0.15, 0.2) is 18.2 Å². The first-order chi connectivity index (χ1) is 11.5. The third-order valence-corrected chi connectivity index (χ3v) is 4.39. The Kier molecular flexibility index (Phi) is 6.42. The zero-order valence-electron chi connectivity index (χ0n) is 13.4. The van der Waals surface area contributed by atoms with Gasteiger partial charge in [-0.2, -0.15) is 5.26 Å². The Bertz CT molecular complexity index is 649. The third kappa shape index (κ3) is 4.85. The lowest BCUT2D eigenvalue weighted by Crippen LogP contribution is -2.40. The third-order valence-electron chi connectivity index (χ3n) is 4.39. The van der Waals surface area contributed by atoms with Gasteiger partial charge in [0, 0.05) is 18.9 Å². The standard InChI is InChI=1S/C18H20F2N2O2/c19-13-6-7-14(15(20)10-13)17(23)8-9-18(24)22-16(11-21)12-4-2-1-3-5-12/h6-7,10,12,16H,1-5,8-9H2,(H,22,24). The van der Waals surface area contributed by atoms with E-state index in [0.717, 1.165) is 44.2 Å². The van der Waals surface area contributed by atoms with Crippen LogP contribution in [0.3, 0.4) is 0 Å². The lowest BCUT2D eigenvalue weighted by atomic mass is 9.84. The lowest BCUT2D eigenvalue weighted by Gasteiger charge is -2.26. The number of nitrogens with zero attached hydrogens (tertiary/aromatic N) is 1. The molecule has 1 aliphatic rings. The number of hydrogen-bond acceptors (Lipinski definition) is 3. The molecule has 1 fully saturated rings. The zero-order valence-corrected chi connectivity index (χ0v) is 13.4. The smallest absolute Gasteiger partial charge is 0.221 e. The Morgan fingerprint density at radius 2 is 1.92 bits per heavy atom. The second-order valence-electron chi connectivity index (χ2n) is 6.12. The minimum absolute atomic E-state index is 0.124. The topological polar surface area (TPSA) is 70.0 Å². The maximum absolute atomic E-state index is 13.5. The van der Waals surface area contributed by atoms with Crippen molar-refractivity contribution < 1.29 is 18.4 Å². The van der Waals surface area contributed by atoms with Crippen molar-refractivity contribution >= 4 is 11.7 Å². The first kappa shape index (κ1) is 18.1. The molecule has 0 radical (unpaired) electrons. The Labute approximate surface area is 139 Å². The van der Waals surface area contributed by atoms with Gasteiger partial charge in [0.1, 0.15) is 17.7 Å². The quantitative estimate of drug-likeness (QED) is 0.809. The van der Waals surface area contributed by atoms with Crippen molar-refractivity contribution in [2.75, 3.05) is 0 Å². The van der Waals surface area contributed by atoms with Crippen LogP contribution in [0, 0.1) is 28.9 Å². The van der Waals surface area contributed by atoms with E-state index in [1.807, 2.05) is 0 Å². The largest absolute Gasteiger partial charge is 0.340 e. The van der Waals surface area contributed by atoms with E-state index in [4.69, 9.17) is 0 Å². The number of nitrogens with one attached hydrogen (secondary N) is 1. The highest BCUT2D eigenvalue weighted by atomic mass is 19.1. The summed E-state index contributed by atoms with van der Waals surface area (Å²) in [5.74, 6) is -2.50. The first-order valence-electron chi connectivity index (χ1n) is 8.18. The van der Waals surface area contributed by atoms with E-state index in [0.29, 0.717) is 6.07 Å². The number of halogens is 2. The molecule has 1 unspecified atom stereocenters. The Morgan fingerprint density at radius 1 is 1.21 bits per heavy atom. The van der Waals surface area contributed by atoms with E-state index < -0.39 is 29.4 Å². The molecule has 1 atom stereocenters. The second-order valence-corrected chi connectivity index (χ2v) is 6.12. The summed E-state index contributed by atoms with van der Waals surface area (Å²) < 4.78 is 26.4. The van der Waals surface area contributed by atoms with E-state index in [-0.39, 0.29) is 24.3 Å². The summed E-state index contributed by atoms with van der Waals surface area (Å²) in [4.78, 5) is 23.9. The van der Waals surface area contributed by atoms with Gasteiger partial charge in [0.15, 0.2) is 5.78 Å². The number of Topliss-reactive ketones (excluding diaryl/α,β-unsaturated/α-hetero) is 1. The molecule has 1 amide bonds. The number of amides is 1. The molecular formula is C18H20F2N2O2. The molecule has 1 aliphatic carbocycles. The summed E-state index contributed by atoms with van der Waals surface area (Å²) in [5.41, 5.74) is -0.228. The molecule has 0 aliphatic heterocycles. The molecule has 0 aromatic heterocycles. The van der Waals surface area contributed by atoms with Gasteiger partial charge < -0.3 is 5.32 Å².